The zero-order valence-corrected chi connectivity index (χ0v) is 17.9. The zero-order chi connectivity index (χ0) is 20.1. The highest BCUT2D eigenvalue weighted by molar-refractivity contribution is 9.10. The summed E-state index contributed by atoms with van der Waals surface area (Å²) in [5.74, 6) is -1.38. The van der Waals surface area contributed by atoms with E-state index < -0.39 is 18.5 Å². The lowest BCUT2D eigenvalue weighted by molar-refractivity contribution is -0.137. The molecular formula is C20H22BrNO5S. The molecule has 6 nitrogen and oxygen atoms in total. The molecular weight excluding hydrogens is 446 g/mol. The molecule has 1 saturated carbocycles. The Morgan fingerprint density at radius 2 is 2.04 bits per heavy atom. The molecule has 0 amide bonds. The molecule has 1 aliphatic carbocycles. The van der Waals surface area contributed by atoms with Gasteiger partial charge in [0, 0.05) is 11.7 Å². The second-order valence-electron chi connectivity index (χ2n) is 6.59. The monoisotopic (exact) mass is 467 g/mol. The minimum absolute atomic E-state index is 0.0662. The first-order chi connectivity index (χ1) is 13.5. The van der Waals surface area contributed by atoms with Crippen LogP contribution in [0.25, 0.3) is 10.4 Å². The van der Waals surface area contributed by atoms with E-state index >= 15 is 0 Å². The molecule has 0 aliphatic heterocycles. The van der Waals surface area contributed by atoms with Gasteiger partial charge in [0.05, 0.1) is 16.5 Å². The van der Waals surface area contributed by atoms with Gasteiger partial charge in [-0.3, -0.25) is 0 Å². The molecule has 2 N–H and O–H groups in total. The molecule has 0 spiro atoms. The molecule has 2 aromatic rings. The van der Waals surface area contributed by atoms with Crippen molar-refractivity contribution >= 4 is 44.9 Å². The Morgan fingerprint density at radius 1 is 1.29 bits per heavy atom. The van der Waals surface area contributed by atoms with E-state index in [4.69, 9.17) is 14.6 Å². The van der Waals surface area contributed by atoms with Crippen LogP contribution in [0, 0.1) is 0 Å². The van der Waals surface area contributed by atoms with Crippen LogP contribution in [0.1, 0.15) is 41.8 Å². The van der Waals surface area contributed by atoms with Crippen LogP contribution < -0.4 is 10.1 Å². The first-order valence-corrected chi connectivity index (χ1v) is 10.7. The first kappa shape index (κ1) is 20.8. The van der Waals surface area contributed by atoms with Crippen molar-refractivity contribution in [1.82, 2.24) is 0 Å². The number of aliphatic hydroxyl groups is 1. The summed E-state index contributed by atoms with van der Waals surface area (Å²) >= 11 is 4.61. The smallest absolute Gasteiger partial charge is 0.351 e. The average molecular weight is 468 g/mol. The van der Waals surface area contributed by atoms with Gasteiger partial charge in [0.1, 0.15) is 6.61 Å². The predicted molar refractivity (Wildman–Crippen MR) is 112 cm³/mol. The molecule has 28 heavy (non-hydrogen) atoms. The van der Waals surface area contributed by atoms with Gasteiger partial charge in [-0.2, -0.15) is 0 Å². The Kier molecular flexibility index (Phi) is 7.09. The number of hydrogen-bond acceptors (Lipinski definition) is 7. The fraction of sp³-hybridized carbons (Fsp3) is 0.400. The first-order valence-electron chi connectivity index (χ1n) is 9.12. The lowest BCUT2D eigenvalue weighted by atomic mass is 9.95. The Morgan fingerprint density at radius 3 is 2.71 bits per heavy atom. The van der Waals surface area contributed by atoms with Crippen molar-refractivity contribution in [3.8, 4) is 16.2 Å². The fourth-order valence-corrected chi connectivity index (χ4v) is 5.20. The highest BCUT2D eigenvalue weighted by Gasteiger charge is 2.26. The minimum Gasteiger partial charge on any atom is -0.465 e. The third-order valence-corrected chi connectivity index (χ3v) is 6.84. The number of rotatable bonds is 6. The molecule has 1 heterocycles. The van der Waals surface area contributed by atoms with Crippen LogP contribution in [0.3, 0.4) is 0 Å². The molecule has 0 bridgehead atoms. The summed E-state index contributed by atoms with van der Waals surface area (Å²) in [5.41, 5.74) is 1.90. The molecule has 0 atom stereocenters. The summed E-state index contributed by atoms with van der Waals surface area (Å²) in [6.07, 6.45) is 6.12. The summed E-state index contributed by atoms with van der Waals surface area (Å²) in [4.78, 5) is 24.6. The third kappa shape index (κ3) is 4.74. The van der Waals surface area contributed by atoms with Gasteiger partial charge in [0.15, 0.2) is 10.6 Å². The van der Waals surface area contributed by atoms with Crippen LogP contribution in [0.2, 0.25) is 0 Å². The molecule has 1 aromatic heterocycles. The van der Waals surface area contributed by atoms with Crippen LogP contribution in [-0.2, 0) is 9.53 Å². The predicted octanol–water partition coefficient (Wildman–Crippen LogP) is 4.61. The number of benzene rings is 1. The molecule has 3 rings (SSSR count). The molecule has 1 aliphatic rings. The second kappa shape index (κ2) is 9.54. The van der Waals surface area contributed by atoms with Gasteiger partial charge in [-0.15, -0.1) is 11.3 Å². The van der Waals surface area contributed by atoms with Crippen molar-refractivity contribution < 1.29 is 24.2 Å². The average Bonchev–Trinajstić information content (AvgIpc) is 3.04. The standard InChI is InChI=1S/C20H22BrNO5S/c1-26-20(25)19-17(27-15(24)11-23)16(21)18(28-19)12-6-5-9-14(10-12)22-13-7-3-2-4-8-13/h5-6,9-10,13,22-23H,2-4,7-8,11H2,1H3. The Balaban J connectivity index is 1.93. The number of carbonyl (C=O) groups excluding carboxylic acids is 2. The maximum Gasteiger partial charge on any atom is 0.351 e. The van der Waals surface area contributed by atoms with Crippen molar-refractivity contribution in [3.63, 3.8) is 0 Å². The Bertz CT molecular complexity index is 860. The van der Waals surface area contributed by atoms with Crippen LogP contribution in [0.15, 0.2) is 28.7 Å². The maximum absolute atomic E-state index is 12.1. The van der Waals surface area contributed by atoms with Crippen LogP contribution in [0.5, 0.6) is 5.75 Å². The van der Waals surface area contributed by atoms with Crippen molar-refractivity contribution in [2.45, 2.75) is 38.1 Å². The van der Waals surface area contributed by atoms with E-state index in [-0.39, 0.29) is 10.6 Å². The summed E-state index contributed by atoms with van der Waals surface area (Å²) < 4.78 is 10.4. The topological polar surface area (TPSA) is 84.9 Å². The van der Waals surface area contributed by atoms with E-state index in [0.29, 0.717) is 10.5 Å². The van der Waals surface area contributed by atoms with Crippen molar-refractivity contribution in [3.05, 3.63) is 33.6 Å². The number of anilines is 1. The highest BCUT2D eigenvalue weighted by Crippen LogP contribution is 2.46. The van der Waals surface area contributed by atoms with E-state index in [2.05, 4.69) is 21.2 Å². The van der Waals surface area contributed by atoms with Gasteiger partial charge in [-0.05, 0) is 46.5 Å². The Labute approximate surface area is 176 Å². The van der Waals surface area contributed by atoms with E-state index in [1.807, 2.05) is 24.3 Å². The zero-order valence-electron chi connectivity index (χ0n) is 15.5. The quantitative estimate of drug-likeness (QED) is 0.603. The lowest BCUT2D eigenvalue weighted by Gasteiger charge is -2.24. The molecule has 8 heteroatoms. The van der Waals surface area contributed by atoms with Crippen LogP contribution in [0.4, 0.5) is 5.69 Å². The lowest BCUT2D eigenvalue weighted by Crippen LogP contribution is -2.22. The van der Waals surface area contributed by atoms with Gasteiger partial charge < -0.3 is 19.9 Å². The summed E-state index contributed by atoms with van der Waals surface area (Å²) in [5, 5.41) is 12.6. The van der Waals surface area contributed by atoms with Crippen molar-refractivity contribution in [2.24, 2.45) is 0 Å². The second-order valence-corrected chi connectivity index (χ2v) is 8.40. The molecule has 1 fully saturated rings. The summed E-state index contributed by atoms with van der Waals surface area (Å²) in [7, 11) is 1.27. The van der Waals surface area contributed by atoms with E-state index in [1.165, 1.54) is 50.6 Å². The van der Waals surface area contributed by atoms with Crippen molar-refractivity contribution in [1.29, 1.82) is 0 Å². The third-order valence-electron chi connectivity index (χ3n) is 4.63. The number of esters is 2. The molecule has 1 aromatic carbocycles. The SMILES string of the molecule is COC(=O)c1sc(-c2cccc(NC3CCCCC3)c2)c(Br)c1OC(=O)CO. The number of ether oxygens (including phenoxy) is 2. The normalized spacial score (nSPS) is 14.5. The van der Waals surface area contributed by atoms with Gasteiger partial charge in [-0.25, -0.2) is 9.59 Å². The van der Waals surface area contributed by atoms with E-state index in [0.717, 1.165) is 16.1 Å². The van der Waals surface area contributed by atoms with E-state index in [9.17, 15) is 9.59 Å². The van der Waals surface area contributed by atoms with Crippen LogP contribution in [-0.4, -0.2) is 36.8 Å². The van der Waals surface area contributed by atoms with E-state index in [1.54, 1.807) is 0 Å². The van der Waals surface area contributed by atoms with Crippen LogP contribution >= 0.6 is 27.3 Å². The molecule has 0 radical (unpaired) electrons. The van der Waals surface area contributed by atoms with Gasteiger partial charge in [-0.1, -0.05) is 31.4 Å². The number of carbonyl (C=O) groups is 2. The fourth-order valence-electron chi connectivity index (χ4n) is 3.28. The number of thiophene rings is 1. The maximum atomic E-state index is 12.1. The Hall–Kier alpha value is -1.90. The van der Waals surface area contributed by atoms with Crippen molar-refractivity contribution in [2.75, 3.05) is 19.0 Å². The molecule has 0 unspecified atom stereocenters. The number of halogens is 1. The number of methoxy groups -OCH3 is 1. The number of hydrogen-bond donors (Lipinski definition) is 2. The summed E-state index contributed by atoms with van der Waals surface area (Å²) in [6, 6.07) is 8.39. The molecule has 150 valence electrons. The minimum atomic E-state index is -0.845. The molecule has 0 saturated heterocycles. The van der Waals surface area contributed by atoms with Gasteiger partial charge in [0.2, 0.25) is 0 Å². The largest absolute Gasteiger partial charge is 0.465 e. The number of aliphatic hydroxyl groups excluding tert-OH is 1. The van der Waals surface area contributed by atoms with Gasteiger partial charge >= 0.3 is 11.9 Å². The van der Waals surface area contributed by atoms with Gasteiger partial charge in [0.25, 0.3) is 0 Å². The highest BCUT2D eigenvalue weighted by atomic mass is 79.9. The summed E-state index contributed by atoms with van der Waals surface area (Å²) in [6.45, 7) is -0.779. The number of nitrogens with one attached hydrogen (secondary N) is 1.